The Bertz CT molecular complexity index is 276. The molecule has 0 aliphatic carbocycles. The summed E-state index contributed by atoms with van der Waals surface area (Å²) in [6, 6.07) is 9.78. The molecular weight excluding hydrogens is 162 g/mol. The summed E-state index contributed by atoms with van der Waals surface area (Å²) in [6.45, 7) is 4.01. The first-order valence-corrected chi connectivity index (χ1v) is 4.38. The lowest BCUT2D eigenvalue weighted by molar-refractivity contribution is 0.318. The van der Waals surface area contributed by atoms with Gasteiger partial charge in [0.2, 0.25) is 0 Å². The number of benzene rings is 1. The van der Waals surface area contributed by atoms with E-state index in [2.05, 4.69) is 13.0 Å². The third-order valence-electron chi connectivity index (χ3n) is 1.46. The Morgan fingerprint density at radius 2 is 2.00 bits per heavy atom. The van der Waals surface area contributed by atoms with Crippen molar-refractivity contribution in [3.8, 4) is 6.07 Å². The molecule has 0 aliphatic heterocycles. The van der Waals surface area contributed by atoms with Gasteiger partial charge in [-0.1, -0.05) is 19.1 Å². The van der Waals surface area contributed by atoms with Gasteiger partial charge in [0.1, 0.15) is 0 Å². The quantitative estimate of drug-likeness (QED) is 0.714. The van der Waals surface area contributed by atoms with Crippen LogP contribution in [0.5, 0.6) is 0 Å². The summed E-state index contributed by atoms with van der Waals surface area (Å²) in [5.41, 5.74) is 1.97. The molecule has 0 saturated heterocycles. The molecule has 0 unspecified atom stereocenters. The van der Waals surface area contributed by atoms with E-state index in [9.17, 15) is 0 Å². The molecule has 0 amide bonds. The zero-order valence-corrected chi connectivity index (χ0v) is 8.12. The molecule has 2 nitrogen and oxygen atoms in total. The Labute approximate surface area is 79.4 Å². The Hall–Kier alpha value is -1.33. The summed E-state index contributed by atoms with van der Waals surface area (Å²) < 4.78 is 0. The van der Waals surface area contributed by atoms with Crippen molar-refractivity contribution in [2.45, 2.75) is 20.3 Å². The van der Waals surface area contributed by atoms with Crippen LogP contribution in [-0.2, 0) is 6.42 Å². The SMILES string of the molecule is CCO.CCc1cccc(C#N)c1. The maximum absolute atomic E-state index is 8.51. The summed E-state index contributed by atoms with van der Waals surface area (Å²) in [6.07, 6.45) is 0.996. The van der Waals surface area contributed by atoms with Crippen LogP contribution in [0.4, 0.5) is 0 Å². The lowest BCUT2D eigenvalue weighted by Crippen LogP contribution is -1.80. The van der Waals surface area contributed by atoms with E-state index in [1.165, 1.54) is 5.56 Å². The molecule has 0 bridgehead atoms. The average molecular weight is 177 g/mol. The van der Waals surface area contributed by atoms with Crippen LogP contribution in [0.3, 0.4) is 0 Å². The van der Waals surface area contributed by atoms with Gasteiger partial charge in [0.05, 0.1) is 11.6 Å². The van der Waals surface area contributed by atoms with Gasteiger partial charge in [-0.15, -0.1) is 0 Å². The molecule has 0 saturated carbocycles. The predicted octanol–water partition coefficient (Wildman–Crippen LogP) is 2.12. The minimum atomic E-state index is 0.250. The smallest absolute Gasteiger partial charge is 0.0991 e. The fourth-order valence-electron chi connectivity index (χ4n) is 0.861. The van der Waals surface area contributed by atoms with E-state index in [1.54, 1.807) is 6.92 Å². The van der Waals surface area contributed by atoms with E-state index in [0.29, 0.717) is 0 Å². The van der Waals surface area contributed by atoms with Crippen molar-refractivity contribution in [2.75, 3.05) is 6.61 Å². The number of aliphatic hydroxyl groups is 1. The zero-order valence-electron chi connectivity index (χ0n) is 8.12. The number of hydrogen-bond donors (Lipinski definition) is 1. The molecule has 0 heterocycles. The van der Waals surface area contributed by atoms with E-state index in [0.717, 1.165) is 12.0 Å². The summed E-state index contributed by atoms with van der Waals surface area (Å²) in [5.74, 6) is 0. The molecule has 2 heteroatoms. The lowest BCUT2D eigenvalue weighted by atomic mass is 10.1. The molecule has 0 atom stereocenters. The number of nitrogens with zero attached hydrogens (tertiary/aromatic N) is 1. The molecular formula is C11H15NO. The first-order valence-electron chi connectivity index (χ1n) is 4.38. The van der Waals surface area contributed by atoms with Gasteiger partial charge in [-0.2, -0.15) is 5.26 Å². The number of nitriles is 1. The van der Waals surface area contributed by atoms with Crippen molar-refractivity contribution in [1.82, 2.24) is 0 Å². The van der Waals surface area contributed by atoms with Gasteiger partial charge in [-0.05, 0) is 31.0 Å². The molecule has 13 heavy (non-hydrogen) atoms. The van der Waals surface area contributed by atoms with Gasteiger partial charge in [0.25, 0.3) is 0 Å². The van der Waals surface area contributed by atoms with Gasteiger partial charge in [0.15, 0.2) is 0 Å². The number of rotatable bonds is 1. The fraction of sp³-hybridized carbons (Fsp3) is 0.364. The second-order valence-corrected chi connectivity index (χ2v) is 2.48. The zero-order chi connectivity index (χ0) is 10.1. The Morgan fingerprint density at radius 1 is 1.38 bits per heavy atom. The lowest BCUT2D eigenvalue weighted by Gasteiger charge is -1.93. The molecule has 0 radical (unpaired) electrons. The van der Waals surface area contributed by atoms with Crippen LogP contribution in [-0.4, -0.2) is 11.7 Å². The van der Waals surface area contributed by atoms with Crippen molar-refractivity contribution in [2.24, 2.45) is 0 Å². The number of hydrogen-bond acceptors (Lipinski definition) is 2. The van der Waals surface area contributed by atoms with Crippen LogP contribution >= 0.6 is 0 Å². The van der Waals surface area contributed by atoms with Crippen molar-refractivity contribution < 1.29 is 5.11 Å². The van der Waals surface area contributed by atoms with Crippen LogP contribution in [0.25, 0.3) is 0 Å². The Kier molecular flexibility index (Phi) is 6.58. The molecule has 1 N–H and O–H groups in total. The second-order valence-electron chi connectivity index (χ2n) is 2.48. The van der Waals surface area contributed by atoms with E-state index in [1.807, 2.05) is 24.3 Å². The molecule has 0 aliphatic rings. The van der Waals surface area contributed by atoms with Gasteiger partial charge >= 0.3 is 0 Å². The van der Waals surface area contributed by atoms with Crippen molar-refractivity contribution in [1.29, 1.82) is 5.26 Å². The molecule has 0 spiro atoms. The minimum absolute atomic E-state index is 0.250. The van der Waals surface area contributed by atoms with Crippen molar-refractivity contribution >= 4 is 0 Å². The standard InChI is InChI=1S/C9H9N.C2H6O/c1-2-8-4-3-5-9(6-8)7-10;1-2-3/h3-6H,2H2,1H3;3H,2H2,1H3. The molecule has 1 aromatic carbocycles. The predicted molar refractivity (Wildman–Crippen MR) is 53.3 cm³/mol. The molecule has 0 fully saturated rings. The third-order valence-corrected chi connectivity index (χ3v) is 1.46. The maximum Gasteiger partial charge on any atom is 0.0991 e. The summed E-state index contributed by atoms with van der Waals surface area (Å²) in [5, 5.41) is 16.1. The highest BCUT2D eigenvalue weighted by molar-refractivity contribution is 5.32. The topological polar surface area (TPSA) is 44.0 Å². The first-order chi connectivity index (χ1) is 6.28. The average Bonchev–Trinajstić information content (AvgIpc) is 2.19. The normalized spacial score (nSPS) is 8.15. The van der Waals surface area contributed by atoms with Gasteiger partial charge < -0.3 is 5.11 Å². The third kappa shape index (κ3) is 5.00. The monoisotopic (exact) mass is 177 g/mol. The number of aliphatic hydroxyl groups excluding tert-OH is 1. The fourth-order valence-corrected chi connectivity index (χ4v) is 0.861. The van der Waals surface area contributed by atoms with Crippen LogP contribution in [0, 0.1) is 11.3 Å². The van der Waals surface area contributed by atoms with Crippen LogP contribution in [0.1, 0.15) is 25.0 Å². The summed E-state index contributed by atoms with van der Waals surface area (Å²) in [7, 11) is 0. The van der Waals surface area contributed by atoms with E-state index < -0.39 is 0 Å². The maximum atomic E-state index is 8.51. The number of aryl methyl sites for hydroxylation is 1. The van der Waals surface area contributed by atoms with Crippen molar-refractivity contribution in [3.63, 3.8) is 0 Å². The molecule has 70 valence electrons. The van der Waals surface area contributed by atoms with Gasteiger partial charge in [0, 0.05) is 6.61 Å². The Balaban J connectivity index is 0.000000424. The second kappa shape index (κ2) is 7.33. The van der Waals surface area contributed by atoms with Crippen LogP contribution < -0.4 is 0 Å². The summed E-state index contributed by atoms with van der Waals surface area (Å²) in [4.78, 5) is 0. The molecule has 1 aromatic rings. The highest BCUT2D eigenvalue weighted by Gasteiger charge is 1.89. The van der Waals surface area contributed by atoms with Crippen LogP contribution in [0.2, 0.25) is 0 Å². The largest absolute Gasteiger partial charge is 0.397 e. The van der Waals surface area contributed by atoms with Crippen molar-refractivity contribution in [3.05, 3.63) is 35.4 Å². The van der Waals surface area contributed by atoms with E-state index in [-0.39, 0.29) is 6.61 Å². The van der Waals surface area contributed by atoms with Gasteiger partial charge in [-0.25, -0.2) is 0 Å². The first kappa shape index (κ1) is 11.7. The van der Waals surface area contributed by atoms with E-state index in [4.69, 9.17) is 10.4 Å². The minimum Gasteiger partial charge on any atom is -0.397 e. The summed E-state index contributed by atoms with van der Waals surface area (Å²) >= 11 is 0. The highest BCUT2D eigenvalue weighted by atomic mass is 16.2. The highest BCUT2D eigenvalue weighted by Crippen LogP contribution is 2.03. The van der Waals surface area contributed by atoms with E-state index >= 15 is 0 Å². The molecule has 0 aromatic heterocycles. The van der Waals surface area contributed by atoms with Gasteiger partial charge in [-0.3, -0.25) is 0 Å². The van der Waals surface area contributed by atoms with Crippen LogP contribution in [0.15, 0.2) is 24.3 Å². The molecule has 1 rings (SSSR count). The Morgan fingerprint density at radius 3 is 2.46 bits per heavy atom.